The van der Waals surface area contributed by atoms with Crippen molar-refractivity contribution in [1.82, 2.24) is 9.80 Å². The number of nitrogens with zero attached hydrogens (tertiary/aromatic N) is 2. The fourth-order valence-corrected chi connectivity index (χ4v) is 4.23. The molecule has 8 heteroatoms. The van der Waals surface area contributed by atoms with E-state index < -0.39 is 23.9 Å². The summed E-state index contributed by atoms with van der Waals surface area (Å²) in [6.45, 7) is 21.2. The van der Waals surface area contributed by atoms with Gasteiger partial charge in [-0.3, -0.25) is 4.79 Å². The zero-order valence-corrected chi connectivity index (χ0v) is 22.5. The van der Waals surface area contributed by atoms with Crippen LogP contribution < -0.4 is 5.46 Å². The molecule has 1 atom stereocenters. The fourth-order valence-electron chi connectivity index (χ4n) is 4.23. The number of ether oxygens (including phenoxy) is 1. The monoisotopic (exact) mass is 472 g/mol. The van der Waals surface area contributed by atoms with Gasteiger partial charge in [-0.25, -0.2) is 4.79 Å². The number of carbonyl (C=O) groups is 2. The van der Waals surface area contributed by atoms with Gasteiger partial charge in [0.1, 0.15) is 5.60 Å². The van der Waals surface area contributed by atoms with Gasteiger partial charge in [0.05, 0.1) is 17.2 Å². The van der Waals surface area contributed by atoms with Gasteiger partial charge in [0, 0.05) is 25.2 Å². The summed E-state index contributed by atoms with van der Waals surface area (Å²) in [5.74, 6) is -0.0588. The molecule has 0 saturated carbocycles. The largest absolute Gasteiger partial charge is 0.494 e. The molecular formula is C26H41BN2O5. The second-order valence-corrected chi connectivity index (χ2v) is 12.5. The van der Waals surface area contributed by atoms with Crippen LogP contribution in [0.15, 0.2) is 24.3 Å². The van der Waals surface area contributed by atoms with Crippen molar-refractivity contribution in [3.05, 3.63) is 29.8 Å². The molecule has 188 valence electrons. The molecule has 2 amide bonds. The van der Waals surface area contributed by atoms with Crippen LogP contribution in [0.3, 0.4) is 0 Å². The molecule has 0 spiro atoms. The second kappa shape index (κ2) is 8.87. The van der Waals surface area contributed by atoms with E-state index in [2.05, 4.69) is 20.8 Å². The summed E-state index contributed by atoms with van der Waals surface area (Å²) in [7, 11) is -0.524. The Labute approximate surface area is 205 Å². The summed E-state index contributed by atoms with van der Waals surface area (Å²) in [6, 6.07) is 7.31. The SMILES string of the molecule is CC(C)(C)OC(=O)N1CCN(C(=O)c2cccc(B3OC(C)(C)C(C)(C)O3)c2)CC1C(C)(C)C. The van der Waals surface area contributed by atoms with Crippen LogP contribution >= 0.6 is 0 Å². The van der Waals surface area contributed by atoms with Crippen LogP contribution in [-0.2, 0) is 14.0 Å². The summed E-state index contributed by atoms with van der Waals surface area (Å²) in [4.78, 5) is 30.0. The minimum Gasteiger partial charge on any atom is -0.444 e. The lowest BCUT2D eigenvalue weighted by molar-refractivity contribution is -0.0204. The van der Waals surface area contributed by atoms with Gasteiger partial charge in [-0.15, -0.1) is 0 Å². The highest BCUT2D eigenvalue weighted by molar-refractivity contribution is 6.62. The molecular weight excluding hydrogens is 431 g/mol. The quantitative estimate of drug-likeness (QED) is 0.607. The number of hydrogen-bond acceptors (Lipinski definition) is 5. The van der Waals surface area contributed by atoms with Gasteiger partial charge in [-0.1, -0.05) is 32.9 Å². The molecule has 0 bridgehead atoms. The van der Waals surface area contributed by atoms with Gasteiger partial charge in [-0.2, -0.15) is 0 Å². The zero-order valence-electron chi connectivity index (χ0n) is 22.5. The van der Waals surface area contributed by atoms with Crippen LogP contribution in [0.5, 0.6) is 0 Å². The van der Waals surface area contributed by atoms with Crippen molar-refractivity contribution < 1.29 is 23.6 Å². The van der Waals surface area contributed by atoms with Crippen LogP contribution in [0.2, 0.25) is 0 Å². The van der Waals surface area contributed by atoms with Crippen LogP contribution in [0.1, 0.15) is 79.6 Å². The van der Waals surface area contributed by atoms with E-state index in [0.717, 1.165) is 5.46 Å². The van der Waals surface area contributed by atoms with Gasteiger partial charge < -0.3 is 23.8 Å². The molecule has 3 rings (SSSR count). The Balaban J connectivity index is 1.78. The molecule has 2 fully saturated rings. The topological polar surface area (TPSA) is 68.3 Å². The summed E-state index contributed by atoms with van der Waals surface area (Å²) >= 11 is 0. The van der Waals surface area contributed by atoms with Crippen LogP contribution in [0, 0.1) is 5.41 Å². The Morgan fingerprint density at radius 2 is 1.59 bits per heavy atom. The molecule has 1 aromatic rings. The maximum Gasteiger partial charge on any atom is 0.494 e. The third kappa shape index (κ3) is 5.60. The molecule has 0 N–H and O–H groups in total. The standard InChI is InChI=1S/C26H41BN2O5/c1-23(2,3)20-17-28(14-15-29(20)22(31)32-24(4,5)6)21(30)18-12-11-13-19(16-18)27-33-25(7,8)26(9,10)34-27/h11-13,16,20H,14-15,17H2,1-10H3. The van der Waals surface area contributed by atoms with Crippen molar-refractivity contribution in [3.8, 4) is 0 Å². The molecule has 2 aliphatic rings. The maximum atomic E-state index is 13.5. The molecule has 0 aliphatic carbocycles. The molecule has 1 aromatic carbocycles. The number of hydrogen-bond donors (Lipinski definition) is 0. The lowest BCUT2D eigenvalue weighted by Gasteiger charge is -2.47. The number of piperazine rings is 1. The van der Waals surface area contributed by atoms with E-state index >= 15 is 0 Å². The minimum atomic E-state index is -0.569. The summed E-state index contributed by atoms with van der Waals surface area (Å²) in [5, 5.41) is 0. The van der Waals surface area contributed by atoms with Crippen molar-refractivity contribution in [1.29, 1.82) is 0 Å². The Kier molecular flexibility index (Phi) is 6.92. The molecule has 1 unspecified atom stereocenters. The maximum absolute atomic E-state index is 13.5. The lowest BCUT2D eigenvalue weighted by Crippen LogP contribution is -2.61. The summed E-state index contributed by atoms with van der Waals surface area (Å²) < 4.78 is 18.0. The molecule has 7 nitrogen and oxygen atoms in total. The van der Waals surface area contributed by atoms with Gasteiger partial charge in [0.25, 0.3) is 5.91 Å². The predicted molar refractivity (Wildman–Crippen MR) is 134 cm³/mol. The van der Waals surface area contributed by atoms with E-state index in [9.17, 15) is 9.59 Å². The first-order valence-corrected chi connectivity index (χ1v) is 12.2. The van der Waals surface area contributed by atoms with Crippen molar-refractivity contribution in [2.45, 2.75) is 92.1 Å². The number of benzene rings is 1. The van der Waals surface area contributed by atoms with E-state index in [-0.39, 0.29) is 23.5 Å². The molecule has 2 saturated heterocycles. The van der Waals surface area contributed by atoms with Gasteiger partial charge >= 0.3 is 13.2 Å². The zero-order chi connectivity index (χ0) is 25.7. The molecule has 0 aromatic heterocycles. The second-order valence-electron chi connectivity index (χ2n) is 12.5. The Morgan fingerprint density at radius 1 is 1.00 bits per heavy atom. The summed E-state index contributed by atoms with van der Waals surface area (Å²) in [5.41, 5.74) is -0.277. The average molecular weight is 472 g/mol. The van der Waals surface area contributed by atoms with Gasteiger partial charge in [0.15, 0.2) is 0 Å². The van der Waals surface area contributed by atoms with Crippen molar-refractivity contribution in [2.75, 3.05) is 19.6 Å². The first-order chi connectivity index (χ1) is 15.4. The van der Waals surface area contributed by atoms with E-state index in [4.69, 9.17) is 14.0 Å². The van der Waals surface area contributed by atoms with E-state index in [1.165, 1.54) is 0 Å². The van der Waals surface area contributed by atoms with E-state index in [1.54, 1.807) is 4.90 Å². The normalized spacial score (nSPS) is 22.6. The molecule has 0 radical (unpaired) electrons. The highest BCUT2D eigenvalue weighted by atomic mass is 16.7. The van der Waals surface area contributed by atoms with Gasteiger partial charge in [-0.05, 0) is 71.5 Å². The Bertz CT molecular complexity index is 916. The third-order valence-corrected chi connectivity index (χ3v) is 6.95. The lowest BCUT2D eigenvalue weighted by atomic mass is 9.78. The predicted octanol–water partition coefficient (Wildman–Crippen LogP) is 4.09. The number of rotatable bonds is 2. The smallest absolute Gasteiger partial charge is 0.444 e. The first-order valence-electron chi connectivity index (χ1n) is 12.2. The van der Waals surface area contributed by atoms with Crippen LogP contribution in [0.4, 0.5) is 4.79 Å². The van der Waals surface area contributed by atoms with Crippen molar-refractivity contribution in [2.24, 2.45) is 5.41 Å². The Morgan fingerprint density at radius 3 is 2.12 bits per heavy atom. The van der Waals surface area contributed by atoms with Crippen molar-refractivity contribution in [3.63, 3.8) is 0 Å². The van der Waals surface area contributed by atoms with Gasteiger partial charge in [0.2, 0.25) is 0 Å². The van der Waals surface area contributed by atoms with Crippen LogP contribution in [0.25, 0.3) is 0 Å². The Hall–Kier alpha value is -2.06. The third-order valence-electron chi connectivity index (χ3n) is 6.95. The molecule has 2 aliphatic heterocycles. The first kappa shape index (κ1) is 26.5. The highest BCUT2D eigenvalue weighted by Gasteiger charge is 2.51. The minimum absolute atomic E-state index is 0.0588. The van der Waals surface area contributed by atoms with E-state index in [0.29, 0.717) is 25.2 Å². The number of carbonyl (C=O) groups excluding carboxylic acids is 2. The highest BCUT2D eigenvalue weighted by Crippen LogP contribution is 2.36. The fraction of sp³-hybridized carbons (Fsp3) is 0.692. The molecule has 34 heavy (non-hydrogen) atoms. The number of amides is 2. The van der Waals surface area contributed by atoms with Crippen LogP contribution in [-0.4, -0.2) is 71.4 Å². The molecule has 2 heterocycles. The van der Waals surface area contributed by atoms with Crippen molar-refractivity contribution >= 4 is 24.6 Å². The van der Waals surface area contributed by atoms with E-state index in [1.807, 2.05) is 77.6 Å². The average Bonchev–Trinajstić information content (AvgIpc) is 2.92. The summed E-state index contributed by atoms with van der Waals surface area (Å²) in [6.07, 6.45) is -0.331.